The summed E-state index contributed by atoms with van der Waals surface area (Å²) in [6.07, 6.45) is 11.5. The molecule has 0 radical (unpaired) electrons. The van der Waals surface area contributed by atoms with Crippen LogP contribution in [0.1, 0.15) is 64.2 Å². The van der Waals surface area contributed by atoms with Gasteiger partial charge >= 0.3 is 29.6 Å². The van der Waals surface area contributed by atoms with Gasteiger partial charge in [-0.1, -0.05) is 104 Å². The summed E-state index contributed by atoms with van der Waals surface area (Å²) in [7, 11) is 0. The summed E-state index contributed by atoms with van der Waals surface area (Å²) in [5.41, 5.74) is 4.59. The molecule has 1 N–H and O–H groups in total. The average molecular weight is 1050 g/mol. The third-order valence-electron chi connectivity index (χ3n) is 10.0. The second kappa shape index (κ2) is 39.7. The SMILES string of the molecule is C#CCBr.C#CCOCCOCCOCCOc1ccc(C(C)(C)c2ccc(OCCCCl)cc2)cc1.CC(C)(c1ccc(OCCCCl)cc1)c1ccc(OCCOCCOCCO)cc1.[H-].[Na+]. The van der Waals surface area contributed by atoms with E-state index in [0.29, 0.717) is 110 Å². The van der Waals surface area contributed by atoms with E-state index in [-0.39, 0.29) is 48.4 Å². The maximum Gasteiger partial charge on any atom is 1.00 e. The van der Waals surface area contributed by atoms with Gasteiger partial charge in [0.1, 0.15) is 42.8 Å². The number of rotatable bonds is 32. The molecule has 0 heterocycles. The van der Waals surface area contributed by atoms with E-state index in [0.717, 1.165) is 35.8 Å². The third kappa shape index (κ3) is 26.8. The molecule has 0 aliphatic heterocycles. The molecule has 4 aromatic carbocycles. The molecule has 68 heavy (non-hydrogen) atoms. The van der Waals surface area contributed by atoms with Gasteiger partial charge in [0.2, 0.25) is 0 Å². The molecule has 370 valence electrons. The topological polar surface area (TPSA) is 103 Å². The van der Waals surface area contributed by atoms with Gasteiger partial charge in [-0.25, -0.2) is 0 Å². The monoisotopic (exact) mass is 1050 g/mol. The summed E-state index contributed by atoms with van der Waals surface area (Å²) >= 11 is 14.4. The van der Waals surface area contributed by atoms with Crippen LogP contribution in [0.15, 0.2) is 97.1 Å². The van der Waals surface area contributed by atoms with E-state index in [1.54, 1.807) is 0 Å². The van der Waals surface area contributed by atoms with Crippen molar-refractivity contribution < 1.29 is 78.7 Å². The molecule has 14 heteroatoms. The van der Waals surface area contributed by atoms with Crippen LogP contribution in [0.4, 0.5) is 0 Å². The first-order valence-corrected chi connectivity index (χ1v) is 24.7. The second-order valence-electron chi connectivity index (χ2n) is 15.6. The number of aliphatic hydroxyl groups excluding tert-OH is 1. The average Bonchev–Trinajstić information content (AvgIpc) is 3.35. The number of hydrogen-bond acceptors (Lipinski definition) is 10. The molecule has 0 spiro atoms. The summed E-state index contributed by atoms with van der Waals surface area (Å²) in [5, 5.41) is 9.28. The molecule has 4 rings (SSSR count). The van der Waals surface area contributed by atoms with Gasteiger partial charge < -0.3 is 49.2 Å². The minimum absolute atomic E-state index is 0. The summed E-state index contributed by atoms with van der Waals surface area (Å²) in [5.74, 6) is 9.35. The molecule has 4 aromatic rings. The van der Waals surface area contributed by atoms with Crippen LogP contribution in [0.2, 0.25) is 0 Å². The van der Waals surface area contributed by atoms with Crippen molar-refractivity contribution in [3.8, 4) is 47.7 Å². The van der Waals surface area contributed by atoms with Crippen LogP contribution in [-0.2, 0) is 34.5 Å². The zero-order valence-corrected chi connectivity index (χ0v) is 45.9. The van der Waals surface area contributed by atoms with E-state index >= 15 is 0 Å². The summed E-state index contributed by atoms with van der Waals surface area (Å²) < 4.78 is 49.5. The molecule has 0 fully saturated rings. The van der Waals surface area contributed by atoms with E-state index in [1.807, 2.05) is 48.5 Å². The fourth-order valence-electron chi connectivity index (χ4n) is 6.09. The van der Waals surface area contributed by atoms with Crippen LogP contribution in [0.5, 0.6) is 23.0 Å². The maximum absolute atomic E-state index is 8.62. The third-order valence-corrected chi connectivity index (χ3v) is 10.9. The minimum Gasteiger partial charge on any atom is -1.00 e. The van der Waals surface area contributed by atoms with Crippen molar-refractivity contribution in [3.05, 3.63) is 119 Å². The van der Waals surface area contributed by atoms with Gasteiger partial charge in [-0.3, -0.25) is 0 Å². The predicted octanol–water partition coefficient (Wildman–Crippen LogP) is 7.64. The van der Waals surface area contributed by atoms with Gasteiger partial charge in [-0.05, 0) is 83.6 Å². The number of terminal acetylenes is 2. The number of benzene rings is 4. The first-order valence-electron chi connectivity index (χ1n) is 22.5. The van der Waals surface area contributed by atoms with Crippen molar-refractivity contribution in [2.24, 2.45) is 0 Å². The van der Waals surface area contributed by atoms with Gasteiger partial charge in [0, 0.05) is 22.6 Å². The molecule has 0 aromatic heterocycles. The molecular weight excluding hydrogens is 982 g/mol. The molecule has 0 unspecified atom stereocenters. The Kier molecular flexibility index (Phi) is 36.8. The van der Waals surface area contributed by atoms with Crippen LogP contribution in [0.3, 0.4) is 0 Å². The van der Waals surface area contributed by atoms with Gasteiger partial charge in [0.05, 0.1) is 84.6 Å². The molecule has 0 atom stereocenters. The van der Waals surface area contributed by atoms with Gasteiger partial charge in [0.15, 0.2) is 0 Å². The van der Waals surface area contributed by atoms with Gasteiger partial charge in [-0.15, -0.1) is 36.0 Å². The Morgan fingerprint density at radius 2 is 0.721 bits per heavy atom. The van der Waals surface area contributed by atoms with Gasteiger partial charge in [0.25, 0.3) is 0 Å². The molecular formula is C54H72BrCl2NaO10. The minimum atomic E-state index is -0.137. The molecule has 0 saturated carbocycles. The van der Waals surface area contributed by atoms with Crippen molar-refractivity contribution in [1.82, 2.24) is 0 Å². The fourth-order valence-corrected chi connectivity index (χ4v) is 6.31. The van der Waals surface area contributed by atoms with Crippen LogP contribution < -0.4 is 48.5 Å². The Morgan fingerprint density at radius 1 is 0.456 bits per heavy atom. The first kappa shape index (κ1) is 63.0. The van der Waals surface area contributed by atoms with Crippen molar-refractivity contribution in [3.63, 3.8) is 0 Å². The fraction of sp³-hybridized carbons (Fsp3) is 0.481. The second-order valence-corrected chi connectivity index (χ2v) is 16.9. The molecule has 10 nitrogen and oxygen atoms in total. The van der Waals surface area contributed by atoms with Crippen molar-refractivity contribution >= 4 is 39.1 Å². The zero-order chi connectivity index (χ0) is 48.9. The predicted molar refractivity (Wildman–Crippen MR) is 276 cm³/mol. The van der Waals surface area contributed by atoms with E-state index in [4.69, 9.17) is 83.8 Å². The van der Waals surface area contributed by atoms with Crippen molar-refractivity contribution in [2.45, 2.75) is 51.4 Å². The Morgan fingerprint density at radius 3 is 0.985 bits per heavy atom. The smallest absolute Gasteiger partial charge is 1.00 e. The standard InChI is InChI=1S/C27H35ClO5.C24H33ClO5.C3H3Br.Na.H/c1-4-15-29-17-18-30-19-20-31-21-22-33-26-12-8-24(9-13-26)27(2,3)23-6-10-25(11-7-23)32-16-5-14-28;1-24(2,20-4-8-22(9-5-20)29-14-3-12-25)21-6-10-23(11-7-21)30-19-18-28-17-16-27-15-13-26;1-2-3-4;;/h1,6-13H,5,14-22H2,2-3H3;4-11,26H,3,12-19H2,1-2H3;1H,3H2;;/q;;;+1;-1. The number of halogens is 3. The Hall–Kier alpha value is -2.98. The Labute approximate surface area is 449 Å². The molecule has 0 aliphatic rings. The summed E-state index contributed by atoms with van der Waals surface area (Å²) in [6.45, 7) is 15.8. The normalized spacial score (nSPS) is 10.8. The summed E-state index contributed by atoms with van der Waals surface area (Å²) in [6, 6.07) is 32.9. The van der Waals surface area contributed by atoms with E-state index in [1.165, 1.54) is 22.3 Å². The first-order chi connectivity index (χ1) is 32.6. The van der Waals surface area contributed by atoms with Crippen LogP contribution >= 0.6 is 39.1 Å². The summed E-state index contributed by atoms with van der Waals surface area (Å²) in [4.78, 5) is 0. The van der Waals surface area contributed by atoms with Crippen molar-refractivity contribution in [1.29, 1.82) is 0 Å². The zero-order valence-electron chi connectivity index (χ0n) is 41.8. The molecule has 0 bridgehead atoms. The van der Waals surface area contributed by atoms with E-state index in [9.17, 15) is 0 Å². The number of ether oxygens (including phenoxy) is 9. The molecule has 0 aliphatic carbocycles. The number of alkyl halides is 3. The van der Waals surface area contributed by atoms with Crippen LogP contribution in [-0.4, -0.2) is 121 Å². The van der Waals surface area contributed by atoms with Crippen LogP contribution in [0, 0.1) is 24.7 Å². The Balaban J connectivity index is 0.00000121. The Bertz CT molecular complexity index is 1910. The number of aliphatic hydroxyl groups is 1. The van der Waals surface area contributed by atoms with Crippen LogP contribution in [0.25, 0.3) is 0 Å². The van der Waals surface area contributed by atoms with E-state index < -0.39 is 0 Å². The van der Waals surface area contributed by atoms with E-state index in [2.05, 4.69) is 104 Å². The maximum atomic E-state index is 8.62. The molecule has 0 saturated heterocycles. The quantitative estimate of drug-likeness (QED) is 0.0228. The number of hydrogen-bond donors (Lipinski definition) is 1. The molecule has 0 amide bonds. The van der Waals surface area contributed by atoms with Crippen molar-refractivity contribution in [2.75, 3.05) is 116 Å². The largest absolute Gasteiger partial charge is 1.00 e. The van der Waals surface area contributed by atoms with Gasteiger partial charge in [-0.2, -0.15) is 0 Å².